The summed E-state index contributed by atoms with van der Waals surface area (Å²) in [5.41, 5.74) is 2.51. The minimum atomic E-state index is -1.57. The predicted octanol–water partition coefficient (Wildman–Crippen LogP) is 3.84. The number of methoxy groups -OCH3 is 2. The number of likely N-dealkylation sites (N-methyl/N-ethyl adjacent to an activating group) is 2. The smallest absolute Gasteiger partial charge is 0.415 e. The van der Waals surface area contributed by atoms with Crippen molar-refractivity contribution in [1.82, 2.24) is 29.6 Å². The third kappa shape index (κ3) is 16.4. The van der Waals surface area contributed by atoms with Crippen molar-refractivity contribution < 1.29 is 84.3 Å². The van der Waals surface area contributed by atoms with Crippen molar-refractivity contribution in [3.63, 3.8) is 0 Å². The summed E-state index contributed by atoms with van der Waals surface area (Å²) < 4.78 is 28.5. The third-order valence-corrected chi connectivity index (χ3v) is 17.5. The van der Waals surface area contributed by atoms with Gasteiger partial charge in [0, 0.05) is 121 Å². The molecule has 2 fully saturated rings. The summed E-state index contributed by atoms with van der Waals surface area (Å²) in [7, 11) is 7.29. The van der Waals surface area contributed by atoms with Gasteiger partial charge in [0.25, 0.3) is 11.8 Å². The molecular weight excluding hydrogens is 1180 g/mol. The highest BCUT2D eigenvalue weighted by molar-refractivity contribution is 8.00. The lowest BCUT2D eigenvalue weighted by atomic mass is 9.79. The zero-order valence-corrected chi connectivity index (χ0v) is 53.3. The van der Waals surface area contributed by atoms with Crippen LogP contribution in [0.25, 0.3) is 16.7 Å². The molecule has 4 aromatic rings. The lowest BCUT2D eigenvalue weighted by Gasteiger charge is -2.32. The van der Waals surface area contributed by atoms with Crippen molar-refractivity contribution in [2.24, 2.45) is 16.4 Å². The van der Waals surface area contributed by atoms with Crippen molar-refractivity contribution in [2.75, 3.05) is 79.8 Å². The van der Waals surface area contributed by atoms with E-state index >= 15 is 0 Å². The van der Waals surface area contributed by atoms with Crippen LogP contribution in [0.3, 0.4) is 0 Å². The van der Waals surface area contributed by atoms with E-state index in [1.54, 1.807) is 80.5 Å². The number of aromatic amines is 1. The fourth-order valence-corrected chi connectivity index (χ4v) is 12.4. The van der Waals surface area contributed by atoms with E-state index in [2.05, 4.69) is 10.1 Å². The molecule has 470 valence electrons. The second-order valence-corrected chi connectivity index (χ2v) is 24.2. The Bertz CT molecular complexity index is 3320. The summed E-state index contributed by atoms with van der Waals surface area (Å²) in [6, 6.07) is 13.1. The van der Waals surface area contributed by atoms with Crippen LogP contribution < -0.4 is 27.3 Å². The van der Waals surface area contributed by atoms with Gasteiger partial charge in [-0.3, -0.25) is 43.9 Å². The number of benzene rings is 2. The number of carbonyl (C=O) groups is 9. The first-order valence-electron chi connectivity index (χ1n) is 28.7. The number of aromatic nitrogens is 1. The van der Waals surface area contributed by atoms with E-state index in [-0.39, 0.29) is 130 Å². The van der Waals surface area contributed by atoms with Crippen molar-refractivity contribution in [3.05, 3.63) is 88.4 Å². The van der Waals surface area contributed by atoms with Crippen LogP contribution in [0, 0.1) is 18.3 Å². The Morgan fingerprint density at radius 2 is 1.54 bits per heavy atom. The summed E-state index contributed by atoms with van der Waals surface area (Å²) in [6.45, 7) is 8.94. The number of halogens is 2. The Morgan fingerprint density at radius 1 is 0.874 bits per heavy atom. The molecule has 3 aliphatic rings. The van der Waals surface area contributed by atoms with E-state index in [0.29, 0.717) is 63.5 Å². The van der Waals surface area contributed by atoms with Gasteiger partial charge < -0.3 is 55.5 Å². The molecule has 4 unspecified atom stereocenters. The normalized spacial score (nSPS) is 17.2. The van der Waals surface area contributed by atoms with Gasteiger partial charge in [0.2, 0.25) is 17.7 Å². The summed E-state index contributed by atoms with van der Waals surface area (Å²) in [6.07, 6.45) is 4.07. The van der Waals surface area contributed by atoms with Gasteiger partial charge >= 0.3 is 12.1 Å². The average molecular weight is 1260 g/mol. The summed E-state index contributed by atoms with van der Waals surface area (Å²) in [5.74, 6) is -1.37. The first-order valence-corrected chi connectivity index (χ1v) is 30.3. The molecule has 6 amide bonds. The number of rotatable bonds is 29. The van der Waals surface area contributed by atoms with E-state index in [1.807, 2.05) is 6.92 Å². The van der Waals surface area contributed by atoms with Gasteiger partial charge in [-0.1, -0.05) is 0 Å². The number of nitrogens with zero attached hydrogens (tertiary/aromatic N) is 6. The molecule has 2 aromatic heterocycles. The van der Waals surface area contributed by atoms with Gasteiger partial charge in [0.15, 0.2) is 11.5 Å². The van der Waals surface area contributed by atoms with E-state index < -0.39 is 52.4 Å². The van der Waals surface area contributed by atoms with Crippen molar-refractivity contribution >= 4 is 105 Å². The lowest BCUT2D eigenvalue weighted by molar-refractivity contribution is -0.153. The van der Waals surface area contributed by atoms with E-state index in [0.717, 1.165) is 29.3 Å². The molecule has 2 aromatic carbocycles. The molecule has 7 rings (SSSR count). The largest absolute Gasteiger partial charge is 1.00 e. The number of likely N-dealkylation sites (tertiary alicyclic amines) is 2. The van der Waals surface area contributed by atoms with Gasteiger partial charge in [0.05, 0.1) is 49.1 Å². The van der Waals surface area contributed by atoms with Gasteiger partial charge in [-0.05, 0) is 119 Å². The second-order valence-electron chi connectivity index (χ2n) is 22.5. The number of ether oxygens (including phenoxy) is 4. The van der Waals surface area contributed by atoms with Crippen LogP contribution in [0.15, 0.2) is 64.1 Å². The fraction of sp³-hybridized carbons (Fsp3) is 0.500. The van der Waals surface area contributed by atoms with E-state index in [4.69, 9.17) is 40.4 Å². The maximum atomic E-state index is 14.3. The number of hydrogen-bond acceptors (Lipinski definition) is 16. The number of H-pyrrole nitrogens is 1. The van der Waals surface area contributed by atoms with Gasteiger partial charge in [-0.25, -0.2) is 14.6 Å². The summed E-state index contributed by atoms with van der Waals surface area (Å²) in [4.78, 5) is 128. The number of amides is 6. The van der Waals surface area contributed by atoms with Crippen molar-refractivity contribution in [1.29, 1.82) is 0 Å². The highest BCUT2D eigenvalue weighted by Gasteiger charge is 2.51. The number of hydrogen-bond donors (Lipinski definition) is 2. The number of thioether (sulfide) groups is 1. The topological polar surface area (TPSA) is 274 Å². The van der Waals surface area contributed by atoms with Crippen LogP contribution >= 0.6 is 23.4 Å². The number of alkyl halides is 1. The maximum absolute atomic E-state index is 14.3. The minimum absolute atomic E-state index is 0. The number of Topliss-reactive ketones (excluding diaryl/α,β-unsaturated/α-hetero) is 2. The Morgan fingerprint density at radius 3 is 2.20 bits per heavy atom. The Labute approximate surface area is 521 Å². The highest BCUT2D eigenvalue weighted by atomic mass is 35.5. The Hall–Kier alpha value is -7.50. The van der Waals surface area contributed by atoms with Gasteiger partial charge in [-0.15, -0.1) is 23.4 Å². The number of imide groups is 1. The molecule has 3 N–H and O–H groups in total. The van der Waals surface area contributed by atoms with Crippen molar-refractivity contribution in [2.45, 2.75) is 110 Å². The molecule has 0 radical (unpaired) electrons. The van der Waals surface area contributed by atoms with Crippen LogP contribution in [0.5, 0.6) is 11.5 Å². The minimum Gasteiger partial charge on any atom is -1.00 e. The number of ketones is 2. The Kier molecular flexibility index (Phi) is 24.0. The molecule has 0 saturated carbocycles. The highest BCUT2D eigenvalue weighted by Crippen LogP contribution is 2.49. The molecule has 0 bridgehead atoms. The molecule has 87 heavy (non-hydrogen) atoms. The summed E-state index contributed by atoms with van der Waals surface area (Å²) >= 11 is 8.07. The van der Waals surface area contributed by atoms with Gasteiger partial charge in [0.1, 0.15) is 39.8 Å². The number of furan rings is 1. The zero-order valence-electron chi connectivity index (χ0n) is 51.0. The number of nitrogens with one attached hydrogen (secondary N) is 1. The zero-order chi connectivity index (χ0) is 62.7. The molecule has 4 heterocycles. The Balaban J connectivity index is 0.0000121. The molecule has 22 nitrogen and oxygen atoms in total. The molecule has 0 spiro atoms. The molecule has 25 heteroatoms. The van der Waals surface area contributed by atoms with Crippen LogP contribution in [0.4, 0.5) is 4.79 Å². The quantitative estimate of drug-likeness (QED) is 0.0149. The number of hydrazone groups is 1. The summed E-state index contributed by atoms with van der Waals surface area (Å²) in [5, 5.41) is 11.6. The molecule has 2 saturated heterocycles. The molecule has 2 aliphatic heterocycles. The number of aryl methyl sites for hydroxylation is 1. The SMILES string of the molecule is COC(=O)c1c(C)[nH]c2c1C1C(CCl)CN(C(=O)c3cc4cc(OC)ccc4o3)C1C=C2OC(=O)N(C)CCN(C)C(=O)C(C)(C)C(=O)N(C)/N=C(/C)c1ccc(OCCCC(=O)CCC(=O)CCCN2C(=O)CC(SCCCC(C)=[NH2+])C2=O)cc1.[Cl-]. The average Bonchev–Trinajstić information content (AvgIpc) is 1.60. The van der Waals surface area contributed by atoms with E-state index in [1.165, 1.54) is 68.6 Å². The van der Waals surface area contributed by atoms with Crippen molar-refractivity contribution in [3.8, 4) is 11.5 Å². The van der Waals surface area contributed by atoms with E-state index in [9.17, 15) is 43.2 Å². The molecule has 1 aliphatic carbocycles. The monoisotopic (exact) mass is 1260 g/mol. The predicted molar refractivity (Wildman–Crippen MR) is 324 cm³/mol. The fourth-order valence-electron chi connectivity index (χ4n) is 11.0. The number of carbonyl (C=O) groups excluding carboxylic acids is 9. The van der Waals surface area contributed by atoms with Crippen LogP contribution in [0.2, 0.25) is 0 Å². The maximum Gasteiger partial charge on any atom is 0.415 e. The van der Waals surface area contributed by atoms with Crippen LogP contribution in [0.1, 0.15) is 135 Å². The van der Waals surface area contributed by atoms with Crippen LogP contribution in [-0.4, -0.2) is 185 Å². The van der Waals surface area contributed by atoms with Gasteiger partial charge in [-0.2, -0.15) is 5.10 Å². The first-order chi connectivity index (χ1) is 40.9. The number of fused-ring (bicyclic) bond motifs is 4. The third-order valence-electron chi connectivity index (χ3n) is 15.8. The molecular formula is C62H78Cl2N8O14S. The second kappa shape index (κ2) is 30.4. The molecule has 4 atom stereocenters. The first kappa shape index (κ1) is 68.6. The lowest BCUT2D eigenvalue weighted by Crippen LogP contribution is -3.00. The number of nitrogens with two attached hydrogens (primary N) is 1. The standard InChI is InChI=1S/C62H77ClN8O14S.ClH/c1-36(64)14-13-29-86-50-33-51(74)70(57(50)76)25-11-15-42(72)19-20-43(73)16-12-28-83-44-21-17-39(18-22-44)37(2)66-69(8)60(79)62(4,5)59(78)67(6)26-27-68(7)61(80)85-48-32-46-53(54-52(58(77)82-10)38(3)65-55(48)54)41(34-63)35-71(46)56(75)49-31-40-30-45(81-9)23-24-47(40)84-49;/h17-18,21-24,30-32,41,46,50,53,64-65H,11-16,19-20,25-29,33-35H2,1-10H3;1H/b64-36?,66-37-;. The number of esters is 1. The van der Waals surface area contributed by atoms with Crippen LogP contribution in [-0.2, 0) is 38.2 Å².